The fourth-order valence-electron chi connectivity index (χ4n) is 2.79. The monoisotopic (exact) mass is 377 g/mol. The van der Waals surface area contributed by atoms with Gasteiger partial charge in [-0.3, -0.25) is 9.78 Å². The smallest absolute Gasteiger partial charge is 0.257 e. The van der Waals surface area contributed by atoms with Crippen LogP contribution in [0.3, 0.4) is 0 Å². The zero-order chi connectivity index (χ0) is 18.7. The number of ether oxygens (including phenoxy) is 1. The van der Waals surface area contributed by atoms with Gasteiger partial charge in [0, 0.05) is 38.6 Å². The van der Waals surface area contributed by atoms with E-state index in [0.29, 0.717) is 31.9 Å². The number of benzene rings is 1. The summed E-state index contributed by atoms with van der Waals surface area (Å²) in [5.74, 6) is 0.762. The van der Waals surface area contributed by atoms with E-state index in [9.17, 15) is 13.2 Å². The minimum atomic E-state index is -3.91. The second-order valence-corrected chi connectivity index (χ2v) is 7.31. The fourth-order valence-corrected chi connectivity index (χ4v) is 3.33. The van der Waals surface area contributed by atoms with Gasteiger partial charge in [-0.25, -0.2) is 18.5 Å². The maximum Gasteiger partial charge on any atom is 0.257 e. The maximum absolute atomic E-state index is 12.9. The van der Waals surface area contributed by atoms with E-state index in [1.807, 2.05) is 4.90 Å². The number of hydrogen-bond acceptors (Lipinski definition) is 7. The van der Waals surface area contributed by atoms with Gasteiger partial charge < -0.3 is 14.5 Å². The maximum atomic E-state index is 12.9. The Morgan fingerprint density at radius 3 is 2.50 bits per heavy atom. The van der Waals surface area contributed by atoms with Crippen LogP contribution in [0.25, 0.3) is 0 Å². The zero-order valence-electron chi connectivity index (χ0n) is 14.2. The van der Waals surface area contributed by atoms with Crippen molar-refractivity contribution in [1.29, 1.82) is 0 Å². The van der Waals surface area contributed by atoms with Crippen molar-refractivity contribution in [3.05, 3.63) is 42.4 Å². The van der Waals surface area contributed by atoms with Gasteiger partial charge >= 0.3 is 0 Å². The van der Waals surface area contributed by atoms with Gasteiger partial charge in [0.05, 0.1) is 23.8 Å². The standard InChI is InChI=1S/C16H19N5O4S/c1-25-14-3-2-12(26(17,23)24)10-13(14)16(22)21-8-6-20(7-9-21)15-11-18-4-5-19-15/h2-5,10-11H,6-9H2,1H3,(H2,17,23,24). The van der Waals surface area contributed by atoms with Gasteiger partial charge in [-0.2, -0.15) is 0 Å². The van der Waals surface area contributed by atoms with Gasteiger partial charge in [0.2, 0.25) is 10.0 Å². The molecule has 0 unspecified atom stereocenters. The number of hydrogen-bond donors (Lipinski definition) is 1. The van der Waals surface area contributed by atoms with Gasteiger partial charge in [0.15, 0.2) is 0 Å². The summed E-state index contributed by atoms with van der Waals surface area (Å²) in [6, 6.07) is 4.01. The molecular weight excluding hydrogens is 358 g/mol. The number of piperazine rings is 1. The summed E-state index contributed by atoms with van der Waals surface area (Å²) in [6.07, 6.45) is 4.90. The number of nitrogens with two attached hydrogens (primary N) is 1. The lowest BCUT2D eigenvalue weighted by molar-refractivity contribution is 0.0743. The first-order valence-electron chi connectivity index (χ1n) is 7.91. The highest BCUT2D eigenvalue weighted by atomic mass is 32.2. The minimum absolute atomic E-state index is 0.125. The fraction of sp³-hybridized carbons (Fsp3) is 0.312. The van der Waals surface area contributed by atoms with Crippen LogP contribution in [-0.2, 0) is 10.0 Å². The summed E-state index contributed by atoms with van der Waals surface area (Å²) >= 11 is 0. The lowest BCUT2D eigenvalue weighted by Crippen LogP contribution is -2.49. The Labute approximate surface area is 151 Å². The molecule has 0 aliphatic carbocycles. The van der Waals surface area contributed by atoms with E-state index >= 15 is 0 Å². The van der Waals surface area contributed by atoms with Crippen LogP contribution in [0.2, 0.25) is 0 Å². The van der Waals surface area contributed by atoms with Gasteiger partial charge in [-0.15, -0.1) is 0 Å². The highest BCUT2D eigenvalue weighted by Gasteiger charge is 2.26. The summed E-state index contributed by atoms with van der Waals surface area (Å²) < 4.78 is 28.4. The molecule has 3 rings (SSSR count). The molecular formula is C16H19N5O4S. The molecule has 0 spiro atoms. The van der Waals surface area contributed by atoms with E-state index in [1.165, 1.54) is 25.3 Å². The number of rotatable bonds is 4. The molecule has 0 saturated carbocycles. The Hall–Kier alpha value is -2.72. The van der Waals surface area contributed by atoms with E-state index in [2.05, 4.69) is 9.97 Å². The third-order valence-corrected chi connectivity index (χ3v) is 5.08. The summed E-state index contributed by atoms with van der Waals surface area (Å²) in [5, 5.41) is 5.17. The number of primary sulfonamides is 1. The Balaban J connectivity index is 1.78. The van der Waals surface area contributed by atoms with Crippen LogP contribution in [0.15, 0.2) is 41.7 Å². The molecule has 26 heavy (non-hydrogen) atoms. The van der Waals surface area contributed by atoms with Gasteiger partial charge in [-0.05, 0) is 18.2 Å². The van der Waals surface area contributed by atoms with Crippen LogP contribution in [0.4, 0.5) is 5.82 Å². The first-order chi connectivity index (χ1) is 12.4. The Morgan fingerprint density at radius 1 is 1.19 bits per heavy atom. The molecule has 0 bridgehead atoms. The molecule has 138 valence electrons. The molecule has 1 fully saturated rings. The summed E-state index contributed by atoms with van der Waals surface area (Å²) in [5.41, 5.74) is 0.173. The molecule has 1 aromatic heterocycles. The van der Waals surface area contributed by atoms with Crippen molar-refractivity contribution in [1.82, 2.24) is 14.9 Å². The molecule has 1 aromatic carbocycles. The number of methoxy groups -OCH3 is 1. The number of amides is 1. The number of nitrogens with zero attached hydrogens (tertiary/aromatic N) is 4. The van der Waals surface area contributed by atoms with Crippen LogP contribution < -0.4 is 14.8 Å². The van der Waals surface area contributed by atoms with Crippen molar-refractivity contribution >= 4 is 21.7 Å². The molecule has 0 atom stereocenters. The number of anilines is 1. The van der Waals surface area contributed by atoms with Crippen molar-refractivity contribution in [2.45, 2.75) is 4.90 Å². The van der Waals surface area contributed by atoms with Crippen LogP contribution in [-0.4, -0.2) is 62.5 Å². The molecule has 0 radical (unpaired) electrons. The van der Waals surface area contributed by atoms with E-state index in [0.717, 1.165) is 5.82 Å². The van der Waals surface area contributed by atoms with Crippen molar-refractivity contribution in [2.75, 3.05) is 38.2 Å². The number of sulfonamides is 1. The second-order valence-electron chi connectivity index (χ2n) is 5.75. The van der Waals surface area contributed by atoms with Crippen LogP contribution in [0.1, 0.15) is 10.4 Å². The molecule has 1 aliphatic rings. The molecule has 9 nitrogen and oxygen atoms in total. The Bertz CT molecular complexity index is 896. The highest BCUT2D eigenvalue weighted by molar-refractivity contribution is 7.89. The molecule has 1 saturated heterocycles. The average Bonchev–Trinajstić information content (AvgIpc) is 2.67. The third-order valence-electron chi connectivity index (χ3n) is 4.17. The Morgan fingerprint density at radius 2 is 1.92 bits per heavy atom. The van der Waals surface area contributed by atoms with Crippen molar-refractivity contribution in [3.63, 3.8) is 0 Å². The molecule has 1 amide bonds. The molecule has 2 N–H and O–H groups in total. The predicted octanol–water partition coefficient (Wildman–Crippen LogP) is 0.0950. The average molecular weight is 377 g/mol. The van der Waals surface area contributed by atoms with Crippen LogP contribution in [0.5, 0.6) is 5.75 Å². The highest BCUT2D eigenvalue weighted by Crippen LogP contribution is 2.24. The zero-order valence-corrected chi connectivity index (χ0v) is 15.0. The van der Waals surface area contributed by atoms with Crippen molar-refractivity contribution in [3.8, 4) is 5.75 Å². The molecule has 2 aromatic rings. The second kappa shape index (κ2) is 7.26. The third kappa shape index (κ3) is 3.75. The Kier molecular flexibility index (Phi) is 5.05. The van der Waals surface area contributed by atoms with Gasteiger partial charge in [0.1, 0.15) is 11.6 Å². The molecule has 1 aliphatic heterocycles. The number of carbonyl (C=O) groups is 1. The number of aromatic nitrogens is 2. The minimum Gasteiger partial charge on any atom is -0.496 e. The predicted molar refractivity (Wildman–Crippen MR) is 94.5 cm³/mol. The molecule has 2 heterocycles. The summed E-state index contributed by atoms with van der Waals surface area (Å²) in [6.45, 7) is 2.14. The summed E-state index contributed by atoms with van der Waals surface area (Å²) in [7, 11) is -2.48. The van der Waals surface area contributed by atoms with E-state index in [-0.39, 0.29) is 16.4 Å². The first kappa shape index (κ1) is 18.1. The largest absolute Gasteiger partial charge is 0.496 e. The van der Waals surface area contributed by atoms with E-state index in [4.69, 9.17) is 9.88 Å². The normalized spacial score (nSPS) is 15.0. The lowest BCUT2D eigenvalue weighted by atomic mass is 10.1. The topological polar surface area (TPSA) is 119 Å². The SMILES string of the molecule is COc1ccc(S(N)(=O)=O)cc1C(=O)N1CCN(c2cnccn2)CC1. The van der Waals surface area contributed by atoms with Crippen molar-refractivity contribution in [2.24, 2.45) is 5.14 Å². The lowest BCUT2D eigenvalue weighted by Gasteiger charge is -2.35. The van der Waals surface area contributed by atoms with Gasteiger partial charge in [-0.1, -0.05) is 0 Å². The van der Waals surface area contributed by atoms with Crippen LogP contribution in [0, 0.1) is 0 Å². The molecule has 10 heteroatoms. The van der Waals surface area contributed by atoms with Crippen molar-refractivity contribution < 1.29 is 17.9 Å². The number of carbonyl (C=O) groups excluding carboxylic acids is 1. The first-order valence-corrected chi connectivity index (χ1v) is 9.46. The quantitative estimate of drug-likeness (QED) is 0.802. The van der Waals surface area contributed by atoms with E-state index < -0.39 is 10.0 Å². The van der Waals surface area contributed by atoms with Gasteiger partial charge in [0.25, 0.3) is 5.91 Å². The summed E-state index contributed by atoms with van der Waals surface area (Å²) in [4.78, 5) is 24.7. The van der Waals surface area contributed by atoms with Crippen LogP contribution >= 0.6 is 0 Å². The van der Waals surface area contributed by atoms with E-state index in [1.54, 1.807) is 23.5 Å².